The summed E-state index contributed by atoms with van der Waals surface area (Å²) in [6, 6.07) is 32.7. The van der Waals surface area contributed by atoms with Gasteiger partial charge in [-0.2, -0.15) is 0 Å². The van der Waals surface area contributed by atoms with Crippen LogP contribution in [-0.4, -0.2) is 60.0 Å². The third kappa shape index (κ3) is 7.37. The summed E-state index contributed by atoms with van der Waals surface area (Å²) in [6.07, 6.45) is -5.59. The summed E-state index contributed by atoms with van der Waals surface area (Å²) in [5.41, 5.74) is 0.943. The molecule has 0 saturated heterocycles. The highest BCUT2D eigenvalue weighted by atomic mass is 16.6. The molecule has 4 aromatic rings. The lowest BCUT2D eigenvalue weighted by atomic mass is 9.80. The number of rotatable bonds is 9. The Morgan fingerprint density at radius 1 is 0.500 bits per heavy atom. The van der Waals surface area contributed by atoms with Crippen LogP contribution in [0, 0.1) is 5.92 Å². The van der Waals surface area contributed by atoms with E-state index >= 15 is 0 Å². The van der Waals surface area contributed by atoms with Crippen molar-refractivity contribution in [1.29, 1.82) is 0 Å². The SMILES string of the molecule is O=C(OC[C@H]1C[C@H](O)[C@H](OC(=O)c2ccccc2)[C@@H](OC(=O)c2ccccc2)[C@@H]1OC(=O)c1ccccc1)c1ccccc1. The van der Waals surface area contributed by atoms with Crippen LogP contribution in [0.2, 0.25) is 0 Å². The lowest BCUT2D eigenvalue weighted by molar-refractivity contribution is -0.169. The van der Waals surface area contributed by atoms with Crippen molar-refractivity contribution < 1.29 is 43.2 Å². The zero-order valence-electron chi connectivity index (χ0n) is 23.6. The molecule has 1 aliphatic carbocycles. The fourth-order valence-electron chi connectivity index (χ4n) is 5.00. The average Bonchev–Trinajstić information content (AvgIpc) is 3.07. The Morgan fingerprint density at radius 3 is 1.25 bits per heavy atom. The van der Waals surface area contributed by atoms with Crippen LogP contribution in [-0.2, 0) is 18.9 Å². The van der Waals surface area contributed by atoms with Gasteiger partial charge < -0.3 is 24.1 Å². The molecule has 4 aromatic carbocycles. The second kappa shape index (κ2) is 14.3. The summed E-state index contributed by atoms with van der Waals surface area (Å²) < 4.78 is 23.1. The quantitative estimate of drug-likeness (QED) is 0.213. The number of hydrogen-bond donors (Lipinski definition) is 1. The van der Waals surface area contributed by atoms with Gasteiger partial charge in [0.05, 0.1) is 35.0 Å². The van der Waals surface area contributed by atoms with E-state index in [2.05, 4.69) is 0 Å². The summed E-state index contributed by atoms with van der Waals surface area (Å²) in [4.78, 5) is 52.5. The smallest absolute Gasteiger partial charge is 0.338 e. The highest BCUT2D eigenvalue weighted by Gasteiger charge is 2.51. The van der Waals surface area contributed by atoms with Crippen LogP contribution >= 0.6 is 0 Å². The predicted octanol–water partition coefficient (Wildman–Crippen LogP) is 4.90. The summed E-state index contributed by atoms with van der Waals surface area (Å²) in [5.74, 6) is -3.74. The summed E-state index contributed by atoms with van der Waals surface area (Å²) in [5, 5.41) is 11.3. The molecular formula is C35H30O9. The summed E-state index contributed by atoms with van der Waals surface area (Å²) in [6.45, 7) is -0.281. The van der Waals surface area contributed by atoms with E-state index in [1.807, 2.05) is 0 Å². The number of benzene rings is 4. The average molecular weight is 595 g/mol. The van der Waals surface area contributed by atoms with E-state index in [1.165, 1.54) is 12.1 Å². The molecule has 0 aliphatic heterocycles. The molecule has 9 heteroatoms. The first-order chi connectivity index (χ1) is 21.4. The Morgan fingerprint density at radius 2 is 0.841 bits per heavy atom. The van der Waals surface area contributed by atoms with E-state index in [0.29, 0.717) is 5.56 Å². The van der Waals surface area contributed by atoms with E-state index in [9.17, 15) is 24.3 Å². The molecule has 224 valence electrons. The number of esters is 4. The number of aliphatic hydroxyl groups excluding tert-OH is 1. The van der Waals surface area contributed by atoms with Gasteiger partial charge in [-0.15, -0.1) is 0 Å². The summed E-state index contributed by atoms with van der Waals surface area (Å²) >= 11 is 0. The largest absolute Gasteiger partial charge is 0.462 e. The van der Waals surface area contributed by atoms with Gasteiger partial charge in [0.15, 0.2) is 12.2 Å². The van der Waals surface area contributed by atoms with Gasteiger partial charge in [0.2, 0.25) is 0 Å². The fraction of sp³-hybridized carbons (Fsp3) is 0.200. The Bertz CT molecular complexity index is 1560. The van der Waals surface area contributed by atoms with Crippen LogP contribution in [0.1, 0.15) is 47.9 Å². The maximum Gasteiger partial charge on any atom is 0.338 e. The molecule has 0 radical (unpaired) electrons. The maximum absolute atomic E-state index is 13.3. The lowest BCUT2D eigenvalue weighted by Gasteiger charge is -2.43. The van der Waals surface area contributed by atoms with Crippen molar-refractivity contribution >= 4 is 23.9 Å². The molecule has 0 spiro atoms. The highest BCUT2D eigenvalue weighted by molar-refractivity contribution is 5.91. The third-order valence-corrected chi connectivity index (χ3v) is 7.23. The van der Waals surface area contributed by atoms with Gasteiger partial charge in [-0.1, -0.05) is 72.8 Å². The number of hydrogen-bond acceptors (Lipinski definition) is 9. The van der Waals surface area contributed by atoms with Gasteiger partial charge in [-0.05, 0) is 55.0 Å². The Balaban J connectivity index is 1.48. The molecule has 0 heterocycles. The van der Waals surface area contributed by atoms with Crippen LogP contribution in [0.25, 0.3) is 0 Å². The van der Waals surface area contributed by atoms with Crippen molar-refractivity contribution in [1.82, 2.24) is 0 Å². The molecule has 9 nitrogen and oxygen atoms in total. The molecule has 44 heavy (non-hydrogen) atoms. The van der Waals surface area contributed by atoms with Crippen LogP contribution < -0.4 is 0 Å². The second-order valence-corrected chi connectivity index (χ2v) is 10.2. The molecular weight excluding hydrogens is 564 g/mol. The van der Waals surface area contributed by atoms with Gasteiger partial charge in [-0.3, -0.25) is 0 Å². The van der Waals surface area contributed by atoms with Gasteiger partial charge in [-0.25, -0.2) is 19.2 Å². The first-order valence-electron chi connectivity index (χ1n) is 14.1. The minimum Gasteiger partial charge on any atom is -0.462 e. The van der Waals surface area contributed by atoms with E-state index in [4.69, 9.17) is 18.9 Å². The van der Waals surface area contributed by atoms with Crippen molar-refractivity contribution in [2.24, 2.45) is 5.92 Å². The first kappa shape index (κ1) is 30.2. The van der Waals surface area contributed by atoms with E-state index < -0.39 is 54.2 Å². The molecule has 5 atom stereocenters. The van der Waals surface area contributed by atoms with Gasteiger partial charge in [0.1, 0.15) is 6.10 Å². The topological polar surface area (TPSA) is 125 Å². The number of carbonyl (C=O) groups excluding carboxylic acids is 4. The molecule has 0 amide bonds. The van der Waals surface area contributed by atoms with Crippen molar-refractivity contribution in [2.75, 3.05) is 6.61 Å². The Kier molecular flexibility index (Phi) is 9.78. The first-order valence-corrected chi connectivity index (χ1v) is 14.1. The minimum atomic E-state index is -1.45. The fourth-order valence-corrected chi connectivity index (χ4v) is 5.00. The van der Waals surface area contributed by atoms with Crippen molar-refractivity contribution in [2.45, 2.75) is 30.8 Å². The zero-order chi connectivity index (χ0) is 30.9. The van der Waals surface area contributed by atoms with Crippen molar-refractivity contribution in [3.63, 3.8) is 0 Å². The van der Waals surface area contributed by atoms with Gasteiger partial charge in [0, 0.05) is 5.92 Å². The monoisotopic (exact) mass is 594 g/mol. The molecule has 0 unspecified atom stereocenters. The van der Waals surface area contributed by atoms with Crippen LogP contribution in [0.4, 0.5) is 0 Å². The minimum absolute atomic E-state index is 0.0963. The summed E-state index contributed by atoms with van der Waals surface area (Å²) in [7, 11) is 0. The van der Waals surface area contributed by atoms with Crippen molar-refractivity contribution in [3.05, 3.63) is 144 Å². The van der Waals surface area contributed by atoms with E-state index in [-0.39, 0.29) is 29.7 Å². The normalized spacial score (nSPS) is 21.0. The molecule has 1 fully saturated rings. The van der Waals surface area contributed by atoms with E-state index in [1.54, 1.807) is 109 Å². The second-order valence-electron chi connectivity index (χ2n) is 10.2. The Labute approximate surface area is 254 Å². The third-order valence-electron chi connectivity index (χ3n) is 7.23. The van der Waals surface area contributed by atoms with E-state index in [0.717, 1.165) is 0 Å². The molecule has 0 aromatic heterocycles. The zero-order valence-corrected chi connectivity index (χ0v) is 23.6. The van der Waals surface area contributed by atoms with Gasteiger partial charge >= 0.3 is 23.9 Å². The highest BCUT2D eigenvalue weighted by Crippen LogP contribution is 2.34. The standard InChI is InChI=1S/C35H30O9/c36-28-21-27(22-41-32(37)23-13-5-1-6-14-23)29(42-33(38)24-15-7-2-8-16-24)31(44-35(40)26-19-11-4-12-20-26)30(28)43-34(39)25-17-9-3-10-18-25/h1-20,27-31,36H,21-22H2/t27-,28+,29-,30+,31+/m1/s1. The maximum atomic E-state index is 13.3. The molecule has 0 bridgehead atoms. The molecule has 1 saturated carbocycles. The van der Waals surface area contributed by atoms with Gasteiger partial charge in [0.25, 0.3) is 0 Å². The molecule has 1 aliphatic rings. The Hall–Kier alpha value is -5.28. The lowest BCUT2D eigenvalue weighted by Crippen LogP contribution is -2.59. The number of aliphatic hydroxyl groups is 1. The number of ether oxygens (including phenoxy) is 4. The molecule has 1 N–H and O–H groups in total. The van der Waals surface area contributed by atoms with Crippen molar-refractivity contribution in [3.8, 4) is 0 Å². The molecule has 5 rings (SSSR count). The predicted molar refractivity (Wildman–Crippen MR) is 158 cm³/mol. The number of carbonyl (C=O) groups is 4. The van der Waals surface area contributed by atoms with Crippen LogP contribution in [0.5, 0.6) is 0 Å². The van der Waals surface area contributed by atoms with Crippen LogP contribution in [0.15, 0.2) is 121 Å². The van der Waals surface area contributed by atoms with Crippen LogP contribution in [0.3, 0.4) is 0 Å².